The van der Waals surface area contributed by atoms with Crippen LogP contribution in [0.3, 0.4) is 0 Å². The number of aliphatic hydroxyl groups is 2. The minimum atomic E-state index is -1.89. The summed E-state index contributed by atoms with van der Waals surface area (Å²) < 4.78 is 42.6. The van der Waals surface area contributed by atoms with Crippen LogP contribution in [0.15, 0.2) is 137 Å². The first-order valence-electron chi connectivity index (χ1n) is 22.7. The minimum absolute atomic E-state index is 0. The van der Waals surface area contributed by atoms with Gasteiger partial charge in [-0.05, 0) is 72.9 Å². The van der Waals surface area contributed by atoms with Gasteiger partial charge in [0.15, 0.2) is 25.1 Å². The van der Waals surface area contributed by atoms with Crippen LogP contribution in [-0.2, 0) is 42.9 Å². The van der Waals surface area contributed by atoms with Crippen molar-refractivity contribution in [3.05, 3.63) is 144 Å². The van der Waals surface area contributed by atoms with Crippen molar-refractivity contribution < 1.29 is 107 Å². The molecular formula is C53H55AcNO13. The van der Waals surface area contributed by atoms with Crippen molar-refractivity contribution in [1.29, 1.82) is 0 Å². The van der Waals surface area contributed by atoms with Crippen LogP contribution in [0.5, 0.6) is 11.5 Å². The van der Waals surface area contributed by atoms with Crippen LogP contribution in [-0.4, -0.2) is 101 Å². The summed E-state index contributed by atoms with van der Waals surface area (Å²) in [5.74, 6) is -4.19. The monoisotopic (exact) mass is 1140 g/mol. The molecule has 2 N–H and O–H groups in total. The SMILES string of the molecule is CC1=C2C(OC(=O)COc3ccccc3)C(=O)C3(C)C(OC(=O)COc4ccccc4)CC4OCC4(O)C3C(C)C(O)(CC1OC(=O)[C@@H]1OC(c3ccccc3)=NC1c1ccccc1)C2(C)C.[Ac]. The molecule has 9 rings (SSSR count). The molecule has 14 nitrogen and oxygen atoms in total. The predicted molar refractivity (Wildman–Crippen MR) is 242 cm³/mol. The first-order chi connectivity index (χ1) is 32.1. The molecule has 15 heteroatoms. The topological polar surface area (TPSA) is 186 Å². The Labute approximate surface area is 430 Å². The van der Waals surface area contributed by atoms with E-state index < -0.39 is 107 Å². The van der Waals surface area contributed by atoms with E-state index >= 15 is 4.79 Å². The van der Waals surface area contributed by atoms with Crippen LogP contribution in [0.1, 0.15) is 64.6 Å². The molecule has 4 aromatic carbocycles. The van der Waals surface area contributed by atoms with Crippen molar-refractivity contribution in [3.63, 3.8) is 0 Å². The fourth-order valence-corrected chi connectivity index (χ4v) is 11.4. The summed E-state index contributed by atoms with van der Waals surface area (Å²) in [6.45, 7) is 7.28. The number of nitrogens with zero attached hydrogens (tertiary/aromatic N) is 1. The fraction of sp³-hybridized carbons (Fsp3) is 0.415. The average Bonchev–Trinajstić information content (AvgIpc) is 3.79. The van der Waals surface area contributed by atoms with E-state index in [1.165, 1.54) is 0 Å². The zero-order valence-electron chi connectivity index (χ0n) is 38.6. The number of Topliss-reactive ketones (excluding diaryl/α,β-unsaturated/α-hetero) is 1. The van der Waals surface area contributed by atoms with Gasteiger partial charge in [0.1, 0.15) is 35.3 Å². The van der Waals surface area contributed by atoms with Crippen molar-refractivity contribution in [2.45, 2.75) is 95.2 Å². The van der Waals surface area contributed by atoms with Gasteiger partial charge in [-0.3, -0.25) is 4.79 Å². The van der Waals surface area contributed by atoms with Crippen molar-refractivity contribution in [2.24, 2.45) is 27.7 Å². The molecule has 353 valence electrons. The second kappa shape index (κ2) is 19.5. The number of ether oxygens (including phenoxy) is 7. The number of hydrogen-bond acceptors (Lipinski definition) is 14. The number of ketones is 1. The second-order valence-corrected chi connectivity index (χ2v) is 19.0. The third-order valence-corrected chi connectivity index (χ3v) is 15.0. The molecule has 2 aliphatic heterocycles. The van der Waals surface area contributed by atoms with E-state index in [9.17, 15) is 24.6 Å². The van der Waals surface area contributed by atoms with E-state index in [0.717, 1.165) is 0 Å². The van der Waals surface area contributed by atoms with Crippen molar-refractivity contribution in [3.8, 4) is 11.5 Å². The maximum absolute atomic E-state index is 16.0. The number of carbonyl (C=O) groups is 4. The van der Waals surface area contributed by atoms with Crippen LogP contribution < -0.4 is 9.47 Å². The van der Waals surface area contributed by atoms with Gasteiger partial charge in [-0.15, -0.1) is 0 Å². The van der Waals surface area contributed by atoms with Crippen molar-refractivity contribution >= 4 is 29.6 Å². The number of carbonyl (C=O) groups excluding carboxylic acids is 4. The van der Waals surface area contributed by atoms with Gasteiger partial charge in [0.25, 0.3) is 0 Å². The van der Waals surface area contributed by atoms with E-state index in [1.54, 1.807) is 89.2 Å². The molecule has 0 aromatic heterocycles. The molecular weight excluding hydrogens is 1090 g/mol. The Bertz CT molecular complexity index is 2580. The van der Waals surface area contributed by atoms with E-state index in [0.29, 0.717) is 28.2 Å². The number of benzene rings is 4. The molecule has 0 spiro atoms. The Morgan fingerprint density at radius 1 is 0.765 bits per heavy atom. The molecule has 3 aliphatic carbocycles. The summed E-state index contributed by atoms with van der Waals surface area (Å²) in [5, 5.41) is 26.3. The van der Waals surface area contributed by atoms with E-state index in [-0.39, 0.29) is 75.0 Å². The van der Waals surface area contributed by atoms with Gasteiger partial charge in [0.2, 0.25) is 12.0 Å². The Balaban J connectivity index is 0.00000625. The number of para-hydroxylation sites is 2. The number of fused-ring (bicyclic) bond motifs is 5. The number of aliphatic imine (C=N–C) groups is 1. The summed E-state index contributed by atoms with van der Waals surface area (Å²) >= 11 is 0. The fourth-order valence-electron chi connectivity index (χ4n) is 11.4. The predicted octanol–water partition coefficient (Wildman–Crippen LogP) is 6.32. The number of rotatable bonds is 12. The molecule has 2 bridgehead atoms. The molecule has 1 saturated heterocycles. The van der Waals surface area contributed by atoms with Crippen LogP contribution >= 0.6 is 0 Å². The summed E-state index contributed by atoms with van der Waals surface area (Å²) in [5.41, 5.74) is -4.80. The standard InChI is InChI=1S/C53H55NO13.Ac/c1-31-37(64-49(58)45-43(33-18-10-6-11-19-33)54-48(67-45)34-20-12-7-13-21-34)27-53(60)32(2)46-51(5,38(26-39-52(46,59)30-63-39)65-40(55)28-61-35-22-14-8-15-23-35)47(57)44(42(31)50(53,3)4)66-41(56)29-62-36-24-16-9-17-25-36;/h6-25,32,37-39,43-46,59-60H,26-30H2,1-5H3;/t32?,37?,38?,39?,43?,44?,45-,46?,51?,52?,53?;/m1./s1. The van der Waals surface area contributed by atoms with Gasteiger partial charge in [-0.2, -0.15) is 0 Å². The largest absolute Gasteiger partial charge is 0.482 e. The summed E-state index contributed by atoms with van der Waals surface area (Å²) in [4.78, 5) is 63.3. The van der Waals surface area contributed by atoms with Gasteiger partial charge in [0.05, 0.1) is 23.7 Å². The Morgan fingerprint density at radius 3 is 1.87 bits per heavy atom. The molecule has 1 radical (unpaired) electrons. The van der Waals surface area contributed by atoms with Gasteiger partial charge < -0.3 is 43.4 Å². The molecule has 2 heterocycles. The van der Waals surface area contributed by atoms with Crippen LogP contribution in [0, 0.1) is 66.7 Å². The quantitative estimate of drug-likeness (QED) is 0.0914. The Morgan fingerprint density at radius 2 is 1.31 bits per heavy atom. The van der Waals surface area contributed by atoms with Gasteiger partial charge in [-0.1, -0.05) is 106 Å². The molecule has 2 saturated carbocycles. The van der Waals surface area contributed by atoms with Crippen molar-refractivity contribution in [2.75, 3.05) is 19.8 Å². The second-order valence-electron chi connectivity index (χ2n) is 19.0. The minimum Gasteiger partial charge on any atom is -0.482 e. The number of esters is 3. The van der Waals surface area contributed by atoms with Gasteiger partial charge >= 0.3 is 17.9 Å². The van der Waals surface area contributed by atoms with Crippen LogP contribution in [0.4, 0.5) is 0 Å². The smallest absolute Gasteiger partial charge is 0.350 e. The first kappa shape index (κ1) is 49.5. The summed E-state index contributed by atoms with van der Waals surface area (Å²) in [6.07, 6.45) is -6.55. The normalized spacial score (nSPS) is 32.2. The van der Waals surface area contributed by atoms with Crippen LogP contribution in [0.25, 0.3) is 0 Å². The number of hydrogen-bond donors (Lipinski definition) is 2. The Hall–Kier alpha value is -4.91. The molecule has 68 heavy (non-hydrogen) atoms. The van der Waals surface area contributed by atoms with Crippen LogP contribution in [0.2, 0.25) is 0 Å². The molecule has 3 fully saturated rings. The van der Waals surface area contributed by atoms with Crippen molar-refractivity contribution in [1.82, 2.24) is 0 Å². The van der Waals surface area contributed by atoms with E-state index in [1.807, 2.05) is 66.7 Å². The molecule has 11 atom stereocenters. The zero-order chi connectivity index (χ0) is 47.3. The third-order valence-electron chi connectivity index (χ3n) is 15.0. The molecule has 5 aliphatic rings. The van der Waals surface area contributed by atoms with Gasteiger partial charge in [-0.25, -0.2) is 19.4 Å². The van der Waals surface area contributed by atoms with Gasteiger partial charge in [0, 0.05) is 73.8 Å². The van der Waals surface area contributed by atoms with E-state index in [2.05, 4.69) is 0 Å². The molecule has 0 amide bonds. The maximum Gasteiger partial charge on any atom is 0.350 e. The average molecular weight is 1140 g/mol. The maximum atomic E-state index is 16.0. The first-order valence-corrected chi connectivity index (χ1v) is 22.7. The molecule has 10 unspecified atom stereocenters. The Kier molecular flexibility index (Phi) is 14.2. The zero-order valence-corrected chi connectivity index (χ0v) is 43.4. The third kappa shape index (κ3) is 8.72. The molecule has 4 aromatic rings. The summed E-state index contributed by atoms with van der Waals surface area (Å²) in [7, 11) is 0. The summed E-state index contributed by atoms with van der Waals surface area (Å²) in [6, 6.07) is 35.0. The van der Waals surface area contributed by atoms with E-state index in [4.69, 9.17) is 38.2 Å².